The molecule has 0 aliphatic rings. The molecule has 0 aliphatic carbocycles. The van der Waals surface area contributed by atoms with E-state index in [0.717, 1.165) is 0 Å². The molecule has 3 nitrogen and oxygen atoms in total. The van der Waals surface area contributed by atoms with Gasteiger partial charge in [0.1, 0.15) is 11.2 Å². The molecule has 74 valence electrons. The summed E-state index contributed by atoms with van der Waals surface area (Å²) in [6.07, 6.45) is 4.66. The Bertz CT molecular complexity index is 521. The van der Waals surface area contributed by atoms with Crippen LogP contribution in [0.25, 0.3) is 12.2 Å². The highest BCUT2D eigenvalue weighted by molar-refractivity contribution is 5.38. The van der Waals surface area contributed by atoms with Gasteiger partial charge in [0, 0.05) is 0 Å². The van der Waals surface area contributed by atoms with Gasteiger partial charge in [-0.3, -0.25) is 4.79 Å². The molecule has 1 heterocycles. The van der Waals surface area contributed by atoms with E-state index in [9.17, 15) is 9.90 Å². The molecule has 0 spiro atoms. The lowest BCUT2D eigenvalue weighted by Gasteiger charge is -1.96. The number of hydrogen-bond acceptors (Lipinski definition) is 3. The molecule has 1 aromatic heterocycles. The topological polar surface area (TPSA) is 50.4 Å². The van der Waals surface area contributed by atoms with Gasteiger partial charge in [-0.1, -0.05) is 12.7 Å². The normalized spacial score (nSPS) is 13.3. The van der Waals surface area contributed by atoms with E-state index in [1.165, 1.54) is 12.2 Å². The van der Waals surface area contributed by atoms with Gasteiger partial charge < -0.3 is 9.52 Å². The largest absolute Gasteiger partial charge is 0.502 e. The summed E-state index contributed by atoms with van der Waals surface area (Å²) >= 11 is 0. The summed E-state index contributed by atoms with van der Waals surface area (Å²) in [4.78, 5) is 11.6. The number of hydrogen-bond donors (Lipinski definition) is 1. The third-order valence-corrected chi connectivity index (χ3v) is 1.87. The van der Waals surface area contributed by atoms with E-state index in [1.54, 1.807) is 19.9 Å². The fourth-order valence-corrected chi connectivity index (χ4v) is 1.16. The van der Waals surface area contributed by atoms with Crippen LogP contribution in [0.2, 0.25) is 0 Å². The Kier molecular flexibility index (Phi) is 2.92. The number of rotatable bonds is 1. The molecular formula is C11H12O3. The van der Waals surface area contributed by atoms with Crippen molar-refractivity contribution >= 4 is 12.2 Å². The van der Waals surface area contributed by atoms with Crippen LogP contribution in [0.4, 0.5) is 0 Å². The molecule has 0 saturated carbocycles. The Morgan fingerprint density at radius 3 is 2.64 bits per heavy atom. The average Bonchev–Trinajstić information content (AvgIpc) is 2.19. The zero-order valence-electron chi connectivity index (χ0n) is 8.20. The molecule has 0 saturated heterocycles. The van der Waals surface area contributed by atoms with Gasteiger partial charge in [-0.05, 0) is 26.0 Å². The van der Waals surface area contributed by atoms with Crippen molar-refractivity contribution in [3.8, 4) is 5.75 Å². The van der Waals surface area contributed by atoms with Gasteiger partial charge >= 0.3 is 0 Å². The molecule has 1 rings (SSSR count). The Morgan fingerprint density at radius 2 is 2.14 bits per heavy atom. The van der Waals surface area contributed by atoms with Crippen LogP contribution in [0.1, 0.15) is 12.7 Å². The lowest BCUT2D eigenvalue weighted by Crippen LogP contribution is -2.38. The SMILES string of the molecule is C=C/C=c1/c(=O)c(O)c(C)o/c1=C/C. The van der Waals surface area contributed by atoms with Crippen LogP contribution in [-0.2, 0) is 0 Å². The van der Waals surface area contributed by atoms with Gasteiger partial charge in [0.25, 0.3) is 0 Å². The van der Waals surface area contributed by atoms with Crippen LogP contribution in [0.3, 0.4) is 0 Å². The van der Waals surface area contributed by atoms with Crippen molar-refractivity contribution in [1.29, 1.82) is 0 Å². The second-order valence-electron chi connectivity index (χ2n) is 2.80. The number of allylic oxidation sites excluding steroid dienone is 1. The smallest absolute Gasteiger partial charge is 0.234 e. The molecule has 0 aromatic carbocycles. The first kappa shape index (κ1) is 10.3. The van der Waals surface area contributed by atoms with Crippen LogP contribution in [0.5, 0.6) is 5.75 Å². The molecule has 14 heavy (non-hydrogen) atoms. The number of aromatic hydroxyl groups is 1. The third-order valence-electron chi connectivity index (χ3n) is 1.87. The fourth-order valence-electron chi connectivity index (χ4n) is 1.16. The highest BCUT2D eigenvalue weighted by Crippen LogP contribution is 2.03. The minimum Gasteiger partial charge on any atom is -0.502 e. The minimum atomic E-state index is -0.429. The molecule has 1 aromatic rings. The molecule has 0 unspecified atom stereocenters. The summed E-state index contributed by atoms with van der Waals surface area (Å²) in [5, 5.41) is 9.68. The zero-order chi connectivity index (χ0) is 10.7. The van der Waals surface area contributed by atoms with Crippen LogP contribution in [-0.4, -0.2) is 5.11 Å². The third kappa shape index (κ3) is 1.62. The van der Waals surface area contributed by atoms with Crippen LogP contribution < -0.4 is 16.1 Å². The van der Waals surface area contributed by atoms with Crippen molar-refractivity contribution in [3.05, 3.63) is 39.3 Å². The van der Waals surface area contributed by atoms with Crippen molar-refractivity contribution in [2.45, 2.75) is 13.8 Å². The first-order valence-electron chi connectivity index (χ1n) is 4.23. The first-order chi connectivity index (χ1) is 6.61. The second kappa shape index (κ2) is 3.96. The highest BCUT2D eigenvalue weighted by atomic mass is 16.4. The lowest BCUT2D eigenvalue weighted by atomic mass is 10.2. The minimum absolute atomic E-state index is 0.226. The van der Waals surface area contributed by atoms with E-state index >= 15 is 0 Å². The molecule has 3 heteroatoms. The summed E-state index contributed by atoms with van der Waals surface area (Å²) in [5.74, 6) is -0.118. The van der Waals surface area contributed by atoms with Crippen LogP contribution >= 0.6 is 0 Å². The van der Waals surface area contributed by atoms with Gasteiger partial charge in [0.2, 0.25) is 11.2 Å². The monoisotopic (exact) mass is 192 g/mol. The summed E-state index contributed by atoms with van der Waals surface area (Å²) in [6.45, 7) is 6.80. The van der Waals surface area contributed by atoms with E-state index in [1.807, 2.05) is 0 Å². The predicted octanol–water partition coefficient (Wildman–Crippen LogP) is 0.421. The van der Waals surface area contributed by atoms with Gasteiger partial charge in [0.15, 0.2) is 0 Å². The summed E-state index contributed by atoms with van der Waals surface area (Å²) in [6, 6.07) is 0. The lowest BCUT2D eigenvalue weighted by molar-refractivity contribution is 0.396. The van der Waals surface area contributed by atoms with E-state index in [4.69, 9.17) is 4.42 Å². The van der Waals surface area contributed by atoms with E-state index in [0.29, 0.717) is 10.6 Å². The van der Waals surface area contributed by atoms with E-state index in [2.05, 4.69) is 6.58 Å². The summed E-state index contributed by atoms with van der Waals surface area (Å²) in [7, 11) is 0. The average molecular weight is 192 g/mol. The fraction of sp³-hybridized carbons (Fsp3) is 0.182. The maximum absolute atomic E-state index is 11.6. The van der Waals surface area contributed by atoms with Crippen molar-refractivity contribution in [2.75, 3.05) is 0 Å². The maximum atomic E-state index is 11.6. The Balaban J connectivity index is 3.92. The Labute approximate surface area is 81.3 Å². The van der Waals surface area contributed by atoms with Crippen LogP contribution in [0, 0.1) is 6.92 Å². The van der Waals surface area contributed by atoms with Gasteiger partial charge in [-0.15, -0.1) is 0 Å². The van der Waals surface area contributed by atoms with E-state index < -0.39 is 5.43 Å². The Morgan fingerprint density at radius 1 is 1.50 bits per heavy atom. The standard InChI is InChI=1S/C11H12O3/c1-4-6-8-9(5-2)14-7(3)10(12)11(8)13/h4-6,12H,1H2,2-3H3/b8-6+,9-5+. The quantitative estimate of drug-likeness (QED) is 0.701. The first-order valence-corrected chi connectivity index (χ1v) is 4.23. The van der Waals surface area contributed by atoms with Gasteiger partial charge in [-0.25, -0.2) is 0 Å². The molecule has 0 radical (unpaired) electrons. The summed E-state index contributed by atoms with van der Waals surface area (Å²) in [5.41, 5.74) is 0.0203. The van der Waals surface area contributed by atoms with Crippen LogP contribution in [0.15, 0.2) is 21.9 Å². The maximum Gasteiger partial charge on any atom is 0.234 e. The van der Waals surface area contributed by atoms with Gasteiger partial charge in [0.05, 0.1) is 5.22 Å². The molecule has 0 bridgehead atoms. The van der Waals surface area contributed by atoms with Crippen molar-refractivity contribution in [3.63, 3.8) is 0 Å². The van der Waals surface area contributed by atoms with Crippen molar-refractivity contribution < 1.29 is 9.52 Å². The zero-order valence-corrected chi connectivity index (χ0v) is 8.20. The predicted molar refractivity (Wildman–Crippen MR) is 55.4 cm³/mol. The van der Waals surface area contributed by atoms with E-state index in [-0.39, 0.29) is 11.5 Å². The second-order valence-corrected chi connectivity index (χ2v) is 2.80. The van der Waals surface area contributed by atoms with Crippen molar-refractivity contribution in [1.82, 2.24) is 0 Å². The molecular weight excluding hydrogens is 180 g/mol. The molecule has 0 atom stereocenters. The Hall–Kier alpha value is -1.77. The number of aryl methyl sites for hydroxylation is 1. The molecule has 0 aliphatic heterocycles. The molecule has 0 fully saturated rings. The molecule has 0 amide bonds. The highest BCUT2D eigenvalue weighted by Gasteiger charge is 2.05. The summed E-state index contributed by atoms with van der Waals surface area (Å²) < 4.78 is 5.24. The molecule has 1 N–H and O–H groups in total. The van der Waals surface area contributed by atoms with Gasteiger partial charge in [-0.2, -0.15) is 0 Å². The van der Waals surface area contributed by atoms with Crippen molar-refractivity contribution in [2.24, 2.45) is 0 Å².